The van der Waals surface area contributed by atoms with Crippen LogP contribution >= 0.6 is 34.8 Å². The van der Waals surface area contributed by atoms with Crippen LogP contribution in [0, 0.1) is 5.92 Å². The molecule has 1 aromatic carbocycles. The standard InChI is InChI=1S/C10H12Cl3NO3S/c1-6(4-11)5-18(16,17)14-7-2-8(12)10(15)9(13)3-7/h2-3,6,14-15H,4-5H2,1H3. The second-order valence-corrected chi connectivity index (χ2v) is 6.82. The van der Waals surface area contributed by atoms with E-state index < -0.39 is 10.0 Å². The molecule has 1 atom stereocenters. The van der Waals surface area contributed by atoms with E-state index in [0.29, 0.717) is 0 Å². The lowest BCUT2D eigenvalue weighted by Crippen LogP contribution is -2.22. The smallest absolute Gasteiger partial charge is 0.233 e. The van der Waals surface area contributed by atoms with Crippen LogP contribution < -0.4 is 4.72 Å². The summed E-state index contributed by atoms with van der Waals surface area (Å²) in [6.45, 7) is 1.73. The summed E-state index contributed by atoms with van der Waals surface area (Å²) in [7, 11) is -3.53. The van der Waals surface area contributed by atoms with Gasteiger partial charge in [-0.2, -0.15) is 0 Å². The quantitative estimate of drug-likeness (QED) is 0.642. The predicted molar refractivity (Wildman–Crippen MR) is 75.4 cm³/mol. The Kier molecular flexibility index (Phi) is 5.40. The van der Waals surface area contributed by atoms with E-state index in [9.17, 15) is 13.5 Å². The first kappa shape index (κ1) is 15.7. The Morgan fingerprint density at radius 2 is 1.83 bits per heavy atom. The van der Waals surface area contributed by atoms with Crippen LogP contribution in [-0.4, -0.2) is 25.2 Å². The van der Waals surface area contributed by atoms with Crippen LogP contribution in [0.3, 0.4) is 0 Å². The maximum absolute atomic E-state index is 11.8. The Balaban J connectivity index is 2.91. The Hall–Kier alpha value is -0.360. The fourth-order valence-corrected chi connectivity index (χ4v) is 3.42. The molecule has 0 aliphatic rings. The zero-order valence-corrected chi connectivity index (χ0v) is 12.5. The van der Waals surface area contributed by atoms with Gasteiger partial charge < -0.3 is 5.11 Å². The van der Waals surface area contributed by atoms with Gasteiger partial charge in [0, 0.05) is 5.88 Å². The maximum Gasteiger partial charge on any atom is 0.233 e. The molecule has 0 spiro atoms. The average molecular weight is 333 g/mol. The molecule has 0 aromatic heterocycles. The number of hydrogen-bond acceptors (Lipinski definition) is 3. The summed E-state index contributed by atoms with van der Waals surface area (Å²) in [5.41, 5.74) is 0.199. The highest BCUT2D eigenvalue weighted by Gasteiger charge is 2.16. The third kappa shape index (κ3) is 4.39. The molecule has 1 rings (SSSR count). The molecular formula is C10H12Cl3NO3S. The number of halogens is 3. The molecule has 0 aliphatic carbocycles. The van der Waals surface area contributed by atoms with Gasteiger partial charge in [-0.25, -0.2) is 8.42 Å². The summed E-state index contributed by atoms with van der Waals surface area (Å²) >= 11 is 16.9. The molecular weight excluding hydrogens is 321 g/mol. The fourth-order valence-electron chi connectivity index (χ4n) is 1.26. The summed E-state index contributed by atoms with van der Waals surface area (Å²) in [6.07, 6.45) is 0. The third-order valence-electron chi connectivity index (χ3n) is 2.06. The van der Waals surface area contributed by atoms with Crippen LogP contribution in [0.4, 0.5) is 5.69 Å². The van der Waals surface area contributed by atoms with E-state index in [-0.39, 0.29) is 39.0 Å². The van der Waals surface area contributed by atoms with Crippen molar-refractivity contribution in [2.75, 3.05) is 16.4 Å². The molecule has 4 nitrogen and oxygen atoms in total. The largest absolute Gasteiger partial charge is 0.505 e. The van der Waals surface area contributed by atoms with Gasteiger partial charge in [0.25, 0.3) is 0 Å². The summed E-state index contributed by atoms with van der Waals surface area (Å²) < 4.78 is 25.8. The molecule has 2 N–H and O–H groups in total. The summed E-state index contributed by atoms with van der Waals surface area (Å²) in [5, 5.41) is 9.31. The molecule has 0 heterocycles. The van der Waals surface area contributed by atoms with Crippen molar-refractivity contribution in [1.82, 2.24) is 0 Å². The van der Waals surface area contributed by atoms with Crippen LogP contribution in [0.25, 0.3) is 0 Å². The number of phenols is 1. The molecule has 8 heteroatoms. The SMILES string of the molecule is CC(CCl)CS(=O)(=O)Nc1cc(Cl)c(O)c(Cl)c1. The number of anilines is 1. The van der Waals surface area contributed by atoms with Crippen LogP contribution in [0.2, 0.25) is 10.0 Å². The van der Waals surface area contributed by atoms with Crippen molar-refractivity contribution in [2.45, 2.75) is 6.92 Å². The molecule has 1 aromatic rings. The van der Waals surface area contributed by atoms with E-state index >= 15 is 0 Å². The molecule has 1 unspecified atom stereocenters. The monoisotopic (exact) mass is 331 g/mol. The lowest BCUT2D eigenvalue weighted by molar-refractivity contribution is 0.476. The second kappa shape index (κ2) is 6.19. The normalized spacial score (nSPS) is 13.3. The fraction of sp³-hybridized carbons (Fsp3) is 0.400. The minimum atomic E-state index is -3.53. The predicted octanol–water partition coefficient (Wildman–Crippen LogP) is 3.32. The van der Waals surface area contributed by atoms with E-state index in [4.69, 9.17) is 34.8 Å². The summed E-state index contributed by atoms with van der Waals surface area (Å²) in [6, 6.07) is 2.57. The number of rotatable bonds is 5. The Morgan fingerprint density at radius 3 is 2.28 bits per heavy atom. The first-order chi connectivity index (χ1) is 8.25. The lowest BCUT2D eigenvalue weighted by Gasteiger charge is -2.12. The Morgan fingerprint density at radius 1 is 1.33 bits per heavy atom. The number of aromatic hydroxyl groups is 1. The Labute approximate surface area is 121 Å². The average Bonchev–Trinajstić information content (AvgIpc) is 2.24. The van der Waals surface area contributed by atoms with Crippen molar-refractivity contribution in [3.63, 3.8) is 0 Å². The highest BCUT2D eigenvalue weighted by Crippen LogP contribution is 2.34. The van der Waals surface area contributed by atoms with Gasteiger partial charge in [0.05, 0.1) is 21.5 Å². The molecule has 0 saturated carbocycles. The van der Waals surface area contributed by atoms with E-state index in [1.807, 2.05) is 0 Å². The molecule has 0 saturated heterocycles. The minimum absolute atomic E-state index is 0.0226. The minimum Gasteiger partial charge on any atom is -0.505 e. The van der Waals surface area contributed by atoms with Crippen molar-refractivity contribution < 1.29 is 13.5 Å². The van der Waals surface area contributed by atoms with Gasteiger partial charge >= 0.3 is 0 Å². The highest BCUT2D eigenvalue weighted by atomic mass is 35.5. The topological polar surface area (TPSA) is 66.4 Å². The van der Waals surface area contributed by atoms with Gasteiger partial charge in [0.15, 0.2) is 5.75 Å². The van der Waals surface area contributed by atoms with Gasteiger partial charge in [-0.1, -0.05) is 30.1 Å². The van der Waals surface area contributed by atoms with Crippen LogP contribution in [0.15, 0.2) is 12.1 Å². The first-order valence-electron chi connectivity index (χ1n) is 4.99. The number of sulfonamides is 1. The molecule has 0 amide bonds. The molecule has 18 heavy (non-hydrogen) atoms. The maximum atomic E-state index is 11.8. The molecule has 0 aliphatic heterocycles. The van der Waals surface area contributed by atoms with Crippen molar-refractivity contribution in [2.24, 2.45) is 5.92 Å². The van der Waals surface area contributed by atoms with Crippen molar-refractivity contribution >= 4 is 50.5 Å². The van der Waals surface area contributed by atoms with E-state index in [1.165, 1.54) is 12.1 Å². The number of hydrogen-bond donors (Lipinski definition) is 2. The Bertz CT molecular complexity index is 510. The van der Waals surface area contributed by atoms with E-state index in [0.717, 1.165) is 0 Å². The summed E-state index contributed by atoms with van der Waals surface area (Å²) in [4.78, 5) is 0. The number of phenolic OH excluding ortho intramolecular Hbond substituents is 1. The van der Waals surface area contributed by atoms with Crippen LogP contribution in [0.1, 0.15) is 6.92 Å². The van der Waals surface area contributed by atoms with Gasteiger partial charge in [-0.05, 0) is 18.1 Å². The van der Waals surface area contributed by atoms with Gasteiger partial charge in [-0.15, -0.1) is 11.6 Å². The van der Waals surface area contributed by atoms with Crippen LogP contribution in [0.5, 0.6) is 5.75 Å². The van der Waals surface area contributed by atoms with Crippen LogP contribution in [-0.2, 0) is 10.0 Å². The lowest BCUT2D eigenvalue weighted by atomic mass is 10.3. The van der Waals surface area contributed by atoms with E-state index in [1.54, 1.807) is 6.92 Å². The van der Waals surface area contributed by atoms with Crippen molar-refractivity contribution in [3.8, 4) is 5.75 Å². The molecule has 102 valence electrons. The van der Waals surface area contributed by atoms with Crippen molar-refractivity contribution in [3.05, 3.63) is 22.2 Å². The van der Waals surface area contributed by atoms with Gasteiger partial charge in [0.1, 0.15) is 0 Å². The zero-order valence-electron chi connectivity index (χ0n) is 9.45. The highest BCUT2D eigenvalue weighted by molar-refractivity contribution is 7.92. The van der Waals surface area contributed by atoms with Gasteiger partial charge in [-0.3, -0.25) is 4.72 Å². The summed E-state index contributed by atoms with van der Waals surface area (Å²) in [5.74, 6) is -0.312. The number of benzene rings is 1. The van der Waals surface area contributed by atoms with Crippen molar-refractivity contribution in [1.29, 1.82) is 0 Å². The number of alkyl halides is 1. The molecule has 0 fully saturated rings. The second-order valence-electron chi connectivity index (χ2n) is 3.93. The first-order valence-corrected chi connectivity index (χ1v) is 7.94. The molecule has 0 radical (unpaired) electrons. The van der Waals surface area contributed by atoms with Gasteiger partial charge in [0.2, 0.25) is 10.0 Å². The third-order valence-corrected chi connectivity index (χ3v) is 4.72. The molecule has 0 bridgehead atoms. The number of nitrogens with one attached hydrogen (secondary N) is 1. The van der Waals surface area contributed by atoms with E-state index in [2.05, 4.69) is 4.72 Å². The zero-order chi connectivity index (χ0) is 13.9.